The third-order valence-electron chi connectivity index (χ3n) is 6.27. The number of nitrogens with one attached hydrogen (secondary N) is 2. The summed E-state index contributed by atoms with van der Waals surface area (Å²) in [7, 11) is 1.53. The highest BCUT2D eigenvalue weighted by molar-refractivity contribution is 6.30. The van der Waals surface area contributed by atoms with E-state index in [1.165, 1.54) is 7.11 Å². The van der Waals surface area contributed by atoms with Crippen LogP contribution in [0.25, 0.3) is 0 Å². The highest BCUT2D eigenvalue weighted by atomic mass is 35.5. The number of esters is 1. The Balaban J connectivity index is 1.71. The van der Waals surface area contributed by atoms with Crippen molar-refractivity contribution in [1.29, 1.82) is 0 Å². The normalized spacial score (nSPS) is 16.7. The van der Waals surface area contributed by atoms with Gasteiger partial charge in [-0.05, 0) is 68.5 Å². The molecule has 0 aliphatic carbocycles. The average molecular weight is 558 g/mol. The lowest BCUT2D eigenvalue weighted by Crippen LogP contribution is -2.48. The van der Waals surface area contributed by atoms with Gasteiger partial charge in [0.25, 0.3) is 0 Å². The Morgan fingerprint density at radius 2 is 1.85 bits per heavy atom. The van der Waals surface area contributed by atoms with Gasteiger partial charge < -0.3 is 20.1 Å². The van der Waals surface area contributed by atoms with Crippen molar-refractivity contribution in [2.45, 2.75) is 58.6 Å². The van der Waals surface area contributed by atoms with E-state index in [4.69, 9.17) is 21.1 Å². The molecule has 0 spiro atoms. The number of urea groups is 1. The molecule has 0 saturated carbocycles. The summed E-state index contributed by atoms with van der Waals surface area (Å²) in [6, 6.07) is 11.4. The monoisotopic (exact) mass is 557 g/mol. The minimum atomic E-state index is -0.679. The molecule has 0 bridgehead atoms. The number of imide groups is 1. The maximum absolute atomic E-state index is 13.4. The van der Waals surface area contributed by atoms with Gasteiger partial charge in [0, 0.05) is 11.6 Å². The minimum absolute atomic E-state index is 0.0907. The molecule has 1 fully saturated rings. The van der Waals surface area contributed by atoms with Gasteiger partial charge in [0.05, 0.1) is 25.5 Å². The quantitative estimate of drug-likeness (QED) is 0.470. The summed E-state index contributed by atoms with van der Waals surface area (Å²) in [5.74, 6) is -1.31. The van der Waals surface area contributed by atoms with Gasteiger partial charge in [-0.2, -0.15) is 0 Å². The number of methoxy groups -OCH3 is 1. The zero-order valence-electron chi connectivity index (χ0n) is 23.0. The Morgan fingerprint density at radius 3 is 2.46 bits per heavy atom. The van der Waals surface area contributed by atoms with Gasteiger partial charge in [-0.15, -0.1) is 0 Å². The molecule has 0 radical (unpaired) electrons. The first-order valence-electron chi connectivity index (χ1n) is 12.9. The van der Waals surface area contributed by atoms with Gasteiger partial charge in [0.1, 0.15) is 17.9 Å². The van der Waals surface area contributed by atoms with Gasteiger partial charge in [-0.3, -0.25) is 19.3 Å². The van der Waals surface area contributed by atoms with Crippen LogP contribution >= 0.6 is 11.6 Å². The van der Waals surface area contributed by atoms with E-state index >= 15 is 0 Å². The third kappa shape index (κ3) is 8.45. The minimum Gasteiger partial charge on any atom is -0.496 e. The zero-order chi connectivity index (χ0) is 28.7. The zero-order valence-corrected chi connectivity index (χ0v) is 23.8. The lowest BCUT2D eigenvalue weighted by Gasteiger charge is -2.25. The van der Waals surface area contributed by atoms with Crippen molar-refractivity contribution in [3.63, 3.8) is 0 Å². The third-order valence-corrected chi connectivity index (χ3v) is 6.51. The van der Waals surface area contributed by atoms with Crippen LogP contribution < -0.4 is 15.4 Å². The van der Waals surface area contributed by atoms with E-state index in [1.807, 2.05) is 52.0 Å². The number of carbonyl (C=O) groups is 4. The lowest BCUT2D eigenvalue weighted by atomic mass is 9.97. The summed E-state index contributed by atoms with van der Waals surface area (Å²) >= 11 is 6.15. The summed E-state index contributed by atoms with van der Waals surface area (Å²) < 4.78 is 10.8. The molecule has 1 heterocycles. The molecular weight excluding hydrogens is 522 g/mol. The Hall–Kier alpha value is -3.59. The summed E-state index contributed by atoms with van der Waals surface area (Å²) in [5, 5.41) is 6.11. The van der Waals surface area contributed by atoms with Gasteiger partial charge in [-0.1, -0.05) is 42.8 Å². The van der Waals surface area contributed by atoms with Crippen molar-refractivity contribution in [2.24, 2.45) is 5.92 Å². The van der Waals surface area contributed by atoms with Crippen molar-refractivity contribution < 1.29 is 28.7 Å². The number of carbonyl (C=O) groups excluding carboxylic acids is 4. The second-order valence-electron chi connectivity index (χ2n) is 10.5. The Kier molecular flexibility index (Phi) is 9.97. The van der Waals surface area contributed by atoms with Crippen LogP contribution in [0, 0.1) is 5.92 Å². The molecule has 9 nitrogen and oxygen atoms in total. The van der Waals surface area contributed by atoms with Gasteiger partial charge in [0.2, 0.25) is 11.8 Å². The predicted molar refractivity (Wildman–Crippen MR) is 147 cm³/mol. The second-order valence-corrected chi connectivity index (χ2v) is 10.9. The maximum Gasteiger partial charge on any atom is 0.325 e. The van der Waals surface area contributed by atoms with Crippen LogP contribution in [0.1, 0.15) is 56.8 Å². The van der Waals surface area contributed by atoms with E-state index < -0.39 is 35.4 Å². The van der Waals surface area contributed by atoms with E-state index in [0.717, 1.165) is 16.0 Å². The van der Waals surface area contributed by atoms with Crippen LogP contribution in [0.15, 0.2) is 42.5 Å². The fourth-order valence-electron chi connectivity index (χ4n) is 4.39. The Labute approximate surface area is 234 Å². The molecule has 39 heavy (non-hydrogen) atoms. The van der Waals surface area contributed by atoms with Gasteiger partial charge in [0.15, 0.2) is 0 Å². The molecule has 10 heteroatoms. The SMILES string of the molecule is CC[C@H](NC(=O)N1CC(=O)NC[C@@H](Cc2cc(Cl)ccc2OC)C1=O)c1ccc(CC(=O)OC(C)(C)C)cc1. The molecule has 2 aromatic carbocycles. The molecule has 0 unspecified atom stereocenters. The van der Waals surface area contributed by atoms with Crippen molar-refractivity contribution >= 4 is 35.4 Å². The largest absolute Gasteiger partial charge is 0.496 e. The second kappa shape index (κ2) is 13.0. The van der Waals surface area contributed by atoms with Crippen LogP contribution in [-0.2, 0) is 32.0 Å². The number of hydrogen-bond donors (Lipinski definition) is 2. The molecule has 1 aliphatic rings. The number of amides is 4. The smallest absolute Gasteiger partial charge is 0.325 e. The molecule has 2 aromatic rings. The number of hydrogen-bond acceptors (Lipinski definition) is 6. The molecule has 210 valence electrons. The van der Waals surface area contributed by atoms with Crippen LogP contribution in [0.3, 0.4) is 0 Å². The van der Waals surface area contributed by atoms with Crippen LogP contribution in [-0.4, -0.2) is 54.5 Å². The van der Waals surface area contributed by atoms with E-state index in [9.17, 15) is 19.2 Å². The Bertz CT molecular complexity index is 1210. The van der Waals surface area contributed by atoms with Crippen LogP contribution in [0.4, 0.5) is 4.79 Å². The van der Waals surface area contributed by atoms with Gasteiger partial charge >= 0.3 is 12.0 Å². The van der Waals surface area contributed by atoms with E-state index in [2.05, 4.69) is 10.6 Å². The molecule has 0 aromatic heterocycles. The summed E-state index contributed by atoms with van der Waals surface area (Å²) in [5.41, 5.74) is 1.74. The first kappa shape index (κ1) is 30.0. The van der Waals surface area contributed by atoms with Crippen molar-refractivity contribution in [2.75, 3.05) is 20.2 Å². The fraction of sp³-hybridized carbons (Fsp3) is 0.448. The molecule has 1 saturated heterocycles. The first-order valence-corrected chi connectivity index (χ1v) is 13.3. The predicted octanol–water partition coefficient (Wildman–Crippen LogP) is 4.21. The number of benzene rings is 2. The van der Waals surface area contributed by atoms with E-state index in [-0.39, 0.29) is 31.9 Å². The molecule has 2 atom stereocenters. The Morgan fingerprint density at radius 1 is 1.15 bits per heavy atom. The summed E-state index contributed by atoms with van der Waals surface area (Å²) in [6.07, 6.45) is 0.925. The molecular formula is C29H36ClN3O6. The maximum atomic E-state index is 13.4. The number of halogens is 1. The first-order chi connectivity index (χ1) is 18.4. The van der Waals surface area contributed by atoms with Gasteiger partial charge in [-0.25, -0.2) is 4.79 Å². The fourth-order valence-corrected chi connectivity index (χ4v) is 4.58. The molecule has 4 amide bonds. The highest BCUT2D eigenvalue weighted by Crippen LogP contribution is 2.27. The van der Waals surface area contributed by atoms with Crippen molar-refractivity contribution in [3.8, 4) is 5.75 Å². The van der Waals surface area contributed by atoms with Crippen molar-refractivity contribution in [3.05, 3.63) is 64.2 Å². The number of rotatable bonds is 8. The molecule has 3 rings (SSSR count). The summed E-state index contributed by atoms with van der Waals surface area (Å²) in [4.78, 5) is 52.2. The molecule has 2 N–H and O–H groups in total. The highest BCUT2D eigenvalue weighted by Gasteiger charge is 2.35. The molecule has 1 aliphatic heterocycles. The topological polar surface area (TPSA) is 114 Å². The van der Waals surface area contributed by atoms with Crippen LogP contribution in [0.2, 0.25) is 5.02 Å². The van der Waals surface area contributed by atoms with Crippen molar-refractivity contribution in [1.82, 2.24) is 15.5 Å². The summed E-state index contributed by atoms with van der Waals surface area (Å²) in [6.45, 7) is 7.07. The standard InChI is InChI=1S/C29H36ClN3O6/c1-6-23(19-9-7-18(8-10-19)13-26(35)39-29(2,3)4)32-28(37)33-17-25(34)31-16-21(27(33)36)14-20-15-22(30)11-12-24(20)38-5/h7-12,15,21,23H,6,13-14,16-17H2,1-5H3,(H,31,34)(H,32,37)/t21-,23+/m1/s1. The van der Waals surface area contributed by atoms with E-state index in [0.29, 0.717) is 22.8 Å². The lowest BCUT2D eigenvalue weighted by molar-refractivity contribution is -0.153. The van der Waals surface area contributed by atoms with E-state index in [1.54, 1.807) is 18.2 Å². The van der Waals surface area contributed by atoms with Crippen LogP contribution in [0.5, 0.6) is 5.75 Å². The number of nitrogens with zero attached hydrogens (tertiary/aromatic N) is 1. The number of ether oxygens (including phenoxy) is 2. The average Bonchev–Trinajstić information content (AvgIpc) is 3.00.